The molecule has 0 aliphatic carbocycles. The molecular weight excluding hydrogens is 815 g/mol. The lowest BCUT2D eigenvalue weighted by molar-refractivity contribution is -0.0310. The lowest BCUT2D eigenvalue weighted by atomic mass is 10.4. The van der Waals surface area contributed by atoms with E-state index in [1.165, 1.54) is 0 Å². The lowest BCUT2D eigenvalue weighted by Crippen LogP contribution is -2.88. The number of rotatable bonds is 24. The third kappa shape index (κ3) is 9.97. The molecule has 14 N–H and O–H groups in total. The van der Waals surface area contributed by atoms with E-state index >= 15 is 0 Å². The van der Waals surface area contributed by atoms with Crippen molar-refractivity contribution in [3.8, 4) is 0 Å². The van der Waals surface area contributed by atoms with Crippen LogP contribution in [0.1, 0.15) is 64.7 Å². The van der Waals surface area contributed by atoms with Crippen LogP contribution in [0.4, 0.5) is 0 Å². The Morgan fingerprint density at radius 2 is 0.385 bits per heavy atom. The van der Waals surface area contributed by atoms with Gasteiger partial charge in [0, 0.05) is 48.4 Å². The van der Waals surface area contributed by atoms with E-state index in [1.807, 2.05) is 0 Å². The zero-order chi connectivity index (χ0) is 37.5. The van der Waals surface area contributed by atoms with E-state index in [0.717, 1.165) is 12.8 Å². The highest BCUT2D eigenvalue weighted by atomic mass is 28.6. The Morgan fingerprint density at radius 3 is 0.500 bits per heavy atom. The van der Waals surface area contributed by atoms with Gasteiger partial charge in [0.25, 0.3) is 0 Å². The van der Waals surface area contributed by atoms with Crippen molar-refractivity contribution in [2.24, 2.45) is 40.1 Å². The molecule has 6 rings (SSSR count). The summed E-state index contributed by atoms with van der Waals surface area (Å²) >= 11 is 0. The highest BCUT2D eigenvalue weighted by molar-refractivity contribution is 7.03. The topological polar surface area (TPSA) is 293 Å². The molecule has 0 atom stereocenters. The maximum absolute atomic E-state index is 7.50. The van der Waals surface area contributed by atoms with Gasteiger partial charge in [-0.3, -0.25) is 0 Å². The second-order valence-corrected chi connectivity index (χ2v) is 38.8. The fourth-order valence-corrected chi connectivity index (χ4v) is 58.0. The van der Waals surface area contributed by atoms with Gasteiger partial charge in [0.2, 0.25) is 0 Å². The van der Waals surface area contributed by atoms with Crippen molar-refractivity contribution in [1.82, 2.24) is 0 Å². The molecule has 6 fully saturated rings. The van der Waals surface area contributed by atoms with Crippen LogP contribution in [0.3, 0.4) is 0 Å². The van der Waals surface area contributed by atoms with Crippen molar-refractivity contribution in [3.05, 3.63) is 0 Å². The molecule has 0 aromatic carbocycles. The number of hydrogen-bond acceptors (Lipinski definition) is 19. The maximum atomic E-state index is 7.50. The highest BCUT2D eigenvalue weighted by Crippen LogP contribution is 2.54. The average Bonchev–Trinajstić information content (AvgIpc) is 3.08. The molecule has 0 radical (unpaired) electrons. The summed E-state index contributed by atoms with van der Waals surface area (Å²) in [6.07, 6.45) is 5.17. The molecule has 6 saturated heterocycles. The smallest absolute Gasteiger partial charge is 0.373 e. The fourth-order valence-electron chi connectivity index (χ4n) is 7.19. The van der Waals surface area contributed by atoms with Crippen LogP contribution in [-0.4, -0.2) is 116 Å². The molecule has 0 amide bonds. The van der Waals surface area contributed by atoms with Gasteiger partial charge in [0.1, 0.15) is 0 Å². The minimum Gasteiger partial charge on any atom is -0.373 e. The summed E-state index contributed by atoms with van der Waals surface area (Å²) in [5.41, 5.74) is 43.3. The van der Waals surface area contributed by atoms with Gasteiger partial charge in [-0.15, -0.1) is 0 Å². The predicted octanol–water partition coefficient (Wildman–Crippen LogP) is 0.00650. The van der Waals surface area contributed by atoms with Gasteiger partial charge in [-0.25, -0.2) is 0 Å². The number of nitrogens with two attached hydrogens (primary N) is 7. The average molecular weight is 881 g/mol. The first kappa shape index (κ1) is 44.1. The van der Waals surface area contributed by atoms with Gasteiger partial charge >= 0.3 is 70.4 Å². The SMILES string of the molecule is CCCC[Si]12O[Si]3(CCCN)O[Si]4(CCCN)O[Si](CCCN)(O1)O[Si]1(CCCN)O[Si](CCCN)(O2)O[Si](CCCN)(O3)O[Si](CCCN)(O4)O1. The molecule has 6 aliphatic rings. The molecule has 0 aromatic rings. The van der Waals surface area contributed by atoms with Crippen LogP contribution in [0, 0.1) is 0 Å². The van der Waals surface area contributed by atoms with E-state index in [4.69, 9.17) is 89.5 Å². The molecule has 8 bridgehead atoms. The molecule has 6 aliphatic heterocycles. The van der Waals surface area contributed by atoms with Gasteiger partial charge in [-0.2, -0.15) is 0 Å². The van der Waals surface area contributed by atoms with Crippen molar-refractivity contribution in [2.75, 3.05) is 45.8 Å². The van der Waals surface area contributed by atoms with E-state index in [0.29, 0.717) is 139 Å². The van der Waals surface area contributed by atoms with E-state index in [9.17, 15) is 0 Å². The molecule has 0 unspecified atom stereocenters. The van der Waals surface area contributed by atoms with Gasteiger partial charge in [0.05, 0.1) is 0 Å². The summed E-state index contributed by atoms with van der Waals surface area (Å²) in [7, 11) is -31.9. The van der Waals surface area contributed by atoms with Crippen molar-refractivity contribution < 1.29 is 49.4 Å². The van der Waals surface area contributed by atoms with Crippen molar-refractivity contribution in [3.63, 3.8) is 0 Å². The van der Waals surface area contributed by atoms with Gasteiger partial charge in [0.15, 0.2) is 0 Å². The molecule has 0 saturated carbocycles. The standard InChI is InChI=1S/C25H65N7O12Si8/c1-2-3-18-45-33-46(19-4-11-26)36-49(22-7-14-29)38-47(34-45,20-5-12-27)40-51(24-9-16-31)41-48(35-45,21-6-13-28)39-50(37-46,23-8-15-30)43-52(42-49,44-51)25-10-17-32/h2-32H2,1H3. The number of hydrogen-bond donors (Lipinski definition) is 7. The molecule has 27 heteroatoms. The van der Waals surface area contributed by atoms with Crippen LogP contribution in [0.15, 0.2) is 0 Å². The molecular formula is C25H65N7O12Si8. The third-order valence-electron chi connectivity index (χ3n) is 9.38. The van der Waals surface area contributed by atoms with E-state index < -0.39 is 70.4 Å². The molecule has 0 spiro atoms. The van der Waals surface area contributed by atoms with Crippen molar-refractivity contribution >= 4 is 70.4 Å². The normalized spacial score (nSPS) is 41.1. The summed E-state index contributed by atoms with van der Waals surface area (Å²) in [4.78, 5) is 0. The van der Waals surface area contributed by atoms with E-state index in [1.54, 1.807) is 0 Å². The number of unbranched alkanes of at least 4 members (excludes halogenated alkanes) is 1. The summed E-state index contributed by atoms with van der Waals surface area (Å²) < 4.78 is 89.7. The Balaban J connectivity index is 1.88. The van der Waals surface area contributed by atoms with Crippen LogP contribution in [-0.2, 0) is 49.4 Å². The lowest BCUT2D eigenvalue weighted by Gasteiger charge is -2.63. The summed E-state index contributed by atoms with van der Waals surface area (Å²) in [6.45, 7) is 4.59. The van der Waals surface area contributed by atoms with Crippen LogP contribution in [0.25, 0.3) is 0 Å². The minimum atomic E-state index is -4.00. The summed E-state index contributed by atoms with van der Waals surface area (Å²) in [6, 6.07) is 2.67. The maximum Gasteiger partial charge on any atom is 0.478 e. The first-order chi connectivity index (χ1) is 25.0. The molecule has 19 nitrogen and oxygen atoms in total. The largest absolute Gasteiger partial charge is 0.478 e. The van der Waals surface area contributed by atoms with Crippen LogP contribution in [0.5, 0.6) is 0 Å². The minimum absolute atomic E-state index is 0.311. The van der Waals surface area contributed by atoms with Crippen molar-refractivity contribution in [1.29, 1.82) is 0 Å². The Kier molecular flexibility index (Phi) is 15.9. The van der Waals surface area contributed by atoms with Gasteiger partial charge in [-0.05, 0) is 97.2 Å². The van der Waals surface area contributed by atoms with Gasteiger partial charge in [-0.1, -0.05) is 13.3 Å². The summed E-state index contributed by atoms with van der Waals surface area (Å²) in [5, 5.41) is 0. The molecule has 304 valence electrons. The molecule has 52 heavy (non-hydrogen) atoms. The fraction of sp³-hybridized carbons (Fsp3) is 1.00. The highest BCUT2D eigenvalue weighted by Gasteiger charge is 2.82. The van der Waals surface area contributed by atoms with Crippen LogP contribution >= 0.6 is 0 Å². The zero-order valence-corrected chi connectivity index (χ0v) is 38.9. The van der Waals surface area contributed by atoms with Crippen molar-refractivity contribution in [2.45, 2.75) is 113 Å². The molecule has 0 aromatic heterocycles. The van der Waals surface area contributed by atoms with Gasteiger partial charge < -0.3 is 89.5 Å². The monoisotopic (exact) mass is 879 g/mol. The Bertz CT molecular complexity index is 832. The second-order valence-electron chi connectivity index (χ2n) is 14.0. The predicted molar refractivity (Wildman–Crippen MR) is 208 cm³/mol. The Labute approximate surface area is 317 Å². The first-order valence-corrected chi connectivity index (χ1v) is 34.7. The van der Waals surface area contributed by atoms with E-state index in [-0.39, 0.29) is 0 Å². The second kappa shape index (κ2) is 18.7. The first-order valence-electron chi connectivity index (χ1n) is 19.3. The summed E-state index contributed by atoms with van der Waals surface area (Å²) in [5.74, 6) is 0. The molecule has 6 heterocycles. The van der Waals surface area contributed by atoms with Crippen LogP contribution in [0.2, 0.25) is 48.4 Å². The quantitative estimate of drug-likeness (QED) is 0.0628. The Hall–Kier alpha value is 0.975. The third-order valence-corrected chi connectivity index (χ3v) is 47.0. The zero-order valence-electron chi connectivity index (χ0n) is 30.9. The van der Waals surface area contributed by atoms with Crippen LogP contribution < -0.4 is 40.1 Å². The Morgan fingerprint density at radius 1 is 0.250 bits per heavy atom. The van der Waals surface area contributed by atoms with E-state index in [2.05, 4.69) is 6.92 Å².